The number of fused-ring (bicyclic) bond motifs is 1. The van der Waals surface area contributed by atoms with Crippen LogP contribution in [0, 0.1) is 0 Å². The number of rotatable bonds is 12. The highest BCUT2D eigenvalue weighted by Crippen LogP contribution is 2.32. The van der Waals surface area contributed by atoms with Crippen molar-refractivity contribution in [2.75, 3.05) is 56.3 Å². The zero-order valence-electron chi connectivity index (χ0n) is 20.8. The molecule has 192 valence electrons. The maximum Gasteiger partial charge on any atom is 0.255 e. The summed E-state index contributed by atoms with van der Waals surface area (Å²) in [5, 5.41) is 3.63. The van der Waals surface area contributed by atoms with Crippen molar-refractivity contribution >= 4 is 40.5 Å². The lowest BCUT2D eigenvalue weighted by Gasteiger charge is -2.15. The van der Waals surface area contributed by atoms with E-state index in [4.69, 9.17) is 19.6 Å². The molecule has 0 aliphatic carbocycles. The highest BCUT2D eigenvalue weighted by Gasteiger charge is 2.15. The van der Waals surface area contributed by atoms with Gasteiger partial charge in [-0.15, -0.1) is 0 Å². The number of nitrogens with two attached hydrogens (primary N) is 1. The molecule has 0 spiro atoms. The lowest BCUT2D eigenvalue weighted by molar-refractivity contribution is -0.107. The third kappa shape index (κ3) is 6.59. The summed E-state index contributed by atoms with van der Waals surface area (Å²) in [7, 11) is 3.96. The zero-order valence-corrected chi connectivity index (χ0v) is 20.8. The highest BCUT2D eigenvalue weighted by molar-refractivity contribution is 6.05. The Morgan fingerprint density at radius 3 is 2.46 bits per heavy atom. The van der Waals surface area contributed by atoms with Gasteiger partial charge in [0.25, 0.3) is 5.91 Å². The van der Waals surface area contributed by atoms with Crippen LogP contribution in [0.2, 0.25) is 0 Å². The van der Waals surface area contributed by atoms with E-state index in [9.17, 15) is 9.59 Å². The molecule has 3 aromatic carbocycles. The van der Waals surface area contributed by atoms with Crippen LogP contribution in [-0.4, -0.2) is 57.6 Å². The van der Waals surface area contributed by atoms with Gasteiger partial charge in [0, 0.05) is 23.6 Å². The second-order valence-electron chi connectivity index (χ2n) is 8.62. The van der Waals surface area contributed by atoms with Crippen molar-refractivity contribution in [2.45, 2.75) is 0 Å². The first-order valence-electron chi connectivity index (χ1n) is 11.9. The molecule has 0 atom stereocenters. The summed E-state index contributed by atoms with van der Waals surface area (Å²) >= 11 is 0. The fraction of sp³-hybridized carbons (Fsp3) is 0.214. The first-order valence-corrected chi connectivity index (χ1v) is 11.9. The fourth-order valence-electron chi connectivity index (χ4n) is 3.60. The quantitative estimate of drug-likeness (QED) is 0.220. The number of amides is 2. The van der Waals surface area contributed by atoms with Crippen LogP contribution in [-0.2, 0) is 4.79 Å². The van der Waals surface area contributed by atoms with Crippen molar-refractivity contribution < 1.29 is 23.5 Å². The van der Waals surface area contributed by atoms with Crippen LogP contribution in [0.3, 0.4) is 0 Å². The molecule has 37 heavy (non-hydrogen) atoms. The minimum atomic E-state index is -0.272. The maximum atomic E-state index is 12.5. The van der Waals surface area contributed by atoms with E-state index in [2.05, 4.69) is 5.32 Å². The van der Waals surface area contributed by atoms with Crippen molar-refractivity contribution in [2.24, 2.45) is 0 Å². The fourth-order valence-corrected chi connectivity index (χ4v) is 3.60. The normalized spacial score (nSPS) is 10.9. The number of carbonyl (C=O) groups is 2. The first-order chi connectivity index (χ1) is 17.9. The number of para-hydroxylation sites is 3. The largest absolute Gasteiger partial charge is 0.492 e. The number of hydrogen-bond donors (Lipinski definition) is 2. The molecule has 4 rings (SSSR count). The summed E-state index contributed by atoms with van der Waals surface area (Å²) in [5.41, 5.74) is 7.99. The molecule has 0 saturated heterocycles. The number of anilines is 3. The van der Waals surface area contributed by atoms with E-state index in [0.717, 1.165) is 11.9 Å². The number of nitrogen functional groups attached to an aromatic ring is 1. The Morgan fingerprint density at radius 1 is 0.973 bits per heavy atom. The van der Waals surface area contributed by atoms with Gasteiger partial charge in [-0.3, -0.25) is 14.5 Å². The molecular weight excluding hydrogens is 472 g/mol. The molecule has 4 aromatic rings. The topological polar surface area (TPSA) is 110 Å². The van der Waals surface area contributed by atoms with Crippen molar-refractivity contribution in [1.29, 1.82) is 0 Å². The first kappa shape index (κ1) is 25.6. The molecular formula is C28H30N4O5. The van der Waals surface area contributed by atoms with Crippen molar-refractivity contribution in [3.63, 3.8) is 0 Å². The summed E-state index contributed by atoms with van der Waals surface area (Å²) < 4.78 is 17.6. The lowest BCUT2D eigenvalue weighted by Crippen LogP contribution is -2.26. The lowest BCUT2D eigenvalue weighted by atomic mass is 10.2. The van der Waals surface area contributed by atoms with Crippen molar-refractivity contribution in [1.82, 2.24) is 4.90 Å². The summed E-state index contributed by atoms with van der Waals surface area (Å²) in [4.78, 5) is 27.7. The second-order valence-corrected chi connectivity index (χ2v) is 8.62. The standard InChI is InChI=1S/C28H30N4O5/c1-31(2)14-16-36-25-9-5-6-21-18-26(37-27(21)25)32(19-33)15-17-35-22-12-10-20(11-13-22)28(34)30-24-8-4-3-7-23(24)29/h3-13,18-19H,14-17,29H2,1-2H3,(H,30,34). The number of ether oxygens (including phenoxy) is 2. The van der Waals surface area contributed by atoms with E-state index in [-0.39, 0.29) is 19.1 Å². The van der Waals surface area contributed by atoms with Gasteiger partial charge in [0.2, 0.25) is 12.3 Å². The van der Waals surface area contributed by atoms with Gasteiger partial charge in [0.05, 0.1) is 17.9 Å². The van der Waals surface area contributed by atoms with Gasteiger partial charge in [0.15, 0.2) is 11.3 Å². The van der Waals surface area contributed by atoms with Gasteiger partial charge in [-0.25, -0.2) is 0 Å². The van der Waals surface area contributed by atoms with Crippen LogP contribution in [0.15, 0.2) is 77.2 Å². The molecule has 3 N–H and O–H groups in total. The van der Waals surface area contributed by atoms with Crippen LogP contribution in [0.1, 0.15) is 10.4 Å². The molecule has 1 heterocycles. The van der Waals surface area contributed by atoms with Gasteiger partial charge in [-0.1, -0.05) is 24.3 Å². The number of nitrogens with zero attached hydrogens (tertiary/aromatic N) is 2. The molecule has 9 heteroatoms. The number of nitrogens with one attached hydrogen (secondary N) is 1. The van der Waals surface area contributed by atoms with Gasteiger partial charge >= 0.3 is 0 Å². The smallest absolute Gasteiger partial charge is 0.255 e. The summed E-state index contributed by atoms with van der Waals surface area (Å²) in [6, 6.07) is 21.2. The Labute approximate surface area is 215 Å². The molecule has 1 aromatic heterocycles. The highest BCUT2D eigenvalue weighted by atomic mass is 16.5. The molecule has 9 nitrogen and oxygen atoms in total. The Kier molecular flexibility index (Phi) is 8.27. The van der Waals surface area contributed by atoms with Crippen LogP contribution in [0.25, 0.3) is 11.0 Å². The summed E-state index contributed by atoms with van der Waals surface area (Å²) in [6.45, 7) is 1.80. The van der Waals surface area contributed by atoms with Crippen molar-refractivity contribution in [3.8, 4) is 11.5 Å². The van der Waals surface area contributed by atoms with Crippen LogP contribution in [0.5, 0.6) is 11.5 Å². The molecule has 0 fully saturated rings. The molecule has 2 amide bonds. The van der Waals surface area contributed by atoms with E-state index in [1.165, 1.54) is 4.90 Å². The monoisotopic (exact) mass is 502 g/mol. The number of likely N-dealkylation sites (N-methyl/N-ethyl adjacent to an activating group) is 1. The third-order valence-electron chi connectivity index (χ3n) is 5.63. The average molecular weight is 503 g/mol. The SMILES string of the molecule is CN(C)CCOc1cccc2cc(N(C=O)CCOc3ccc(C(=O)Nc4ccccc4N)cc3)oc12. The minimum Gasteiger partial charge on any atom is -0.492 e. The molecule has 0 saturated carbocycles. The summed E-state index contributed by atoms with van der Waals surface area (Å²) in [5.74, 6) is 1.34. The third-order valence-corrected chi connectivity index (χ3v) is 5.63. The maximum absolute atomic E-state index is 12.5. The predicted molar refractivity (Wildman–Crippen MR) is 144 cm³/mol. The Hall–Kier alpha value is -4.50. The molecule has 0 aliphatic rings. The molecule has 0 radical (unpaired) electrons. The van der Waals surface area contributed by atoms with Gasteiger partial charge in [-0.2, -0.15) is 0 Å². The Morgan fingerprint density at radius 2 is 1.73 bits per heavy atom. The number of carbonyl (C=O) groups excluding carboxylic acids is 2. The van der Waals surface area contributed by atoms with E-state index < -0.39 is 0 Å². The zero-order chi connectivity index (χ0) is 26.2. The molecule has 0 bridgehead atoms. The number of hydrogen-bond acceptors (Lipinski definition) is 7. The van der Waals surface area contributed by atoms with E-state index >= 15 is 0 Å². The van der Waals surface area contributed by atoms with Crippen LogP contribution < -0.4 is 25.4 Å². The van der Waals surface area contributed by atoms with E-state index in [0.29, 0.717) is 52.9 Å². The predicted octanol–water partition coefficient (Wildman–Crippen LogP) is 4.25. The molecule has 0 unspecified atom stereocenters. The van der Waals surface area contributed by atoms with Crippen LogP contribution in [0.4, 0.5) is 17.3 Å². The van der Waals surface area contributed by atoms with Crippen LogP contribution >= 0.6 is 0 Å². The Bertz CT molecular complexity index is 1350. The van der Waals surface area contributed by atoms with Crippen molar-refractivity contribution in [3.05, 3.63) is 78.4 Å². The Balaban J connectivity index is 1.33. The van der Waals surface area contributed by atoms with E-state index in [1.54, 1.807) is 54.6 Å². The van der Waals surface area contributed by atoms with Gasteiger partial charge in [0.1, 0.15) is 19.0 Å². The minimum absolute atomic E-state index is 0.230. The van der Waals surface area contributed by atoms with Gasteiger partial charge < -0.3 is 29.8 Å². The summed E-state index contributed by atoms with van der Waals surface area (Å²) in [6.07, 6.45) is 0.705. The second kappa shape index (κ2) is 12.0. The van der Waals surface area contributed by atoms with E-state index in [1.807, 2.05) is 37.2 Å². The van der Waals surface area contributed by atoms with Gasteiger partial charge in [-0.05, 0) is 56.6 Å². The average Bonchev–Trinajstić information content (AvgIpc) is 3.33. The number of furan rings is 1. The number of benzene rings is 3. The molecule has 0 aliphatic heterocycles.